The lowest BCUT2D eigenvalue weighted by Gasteiger charge is -2.30. The normalized spacial score (nSPS) is 14.4. The van der Waals surface area contributed by atoms with Crippen molar-refractivity contribution in [3.63, 3.8) is 0 Å². The third kappa shape index (κ3) is 6.72. The Morgan fingerprint density at radius 3 is 2.29 bits per heavy atom. The SMILES string of the molecule is CCCCCSCC(NC)C(C)(C)C. The summed E-state index contributed by atoms with van der Waals surface area (Å²) in [5.41, 5.74) is 0.381. The van der Waals surface area contributed by atoms with E-state index in [0.717, 1.165) is 0 Å². The molecule has 0 aromatic carbocycles. The molecule has 0 aliphatic carbocycles. The lowest BCUT2D eigenvalue weighted by Crippen LogP contribution is -2.40. The Labute approximate surface area is 94.4 Å². The van der Waals surface area contributed by atoms with Crippen LogP contribution < -0.4 is 5.32 Å². The first kappa shape index (κ1) is 14.3. The van der Waals surface area contributed by atoms with Crippen LogP contribution in [0.5, 0.6) is 0 Å². The van der Waals surface area contributed by atoms with E-state index in [1.54, 1.807) is 0 Å². The molecule has 0 fully saturated rings. The van der Waals surface area contributed by atoms with E-state index in [4.69, 9.17) is 0 Å². The van der Waals surface area contributed by atoms with Gasteiger partial charge in [-0.1, -0.05) is 40.5 Å². The Morgan fingerprint density at radius 1 is 1.21 bits per heavy atom. The van der Waals surface area contributed by atoms with Gasteiger partial charge >= 0.3 is 0 Å². The Kier molecular flexibility index (Phi) is 7.75. The molecule has 1 nitrogen and oxygen atoms in total. The van der Waals surface area contributed by atoms with Crippen molar-refractivity contribution in [2.24, 2.45) is 5.41 Å². The molecule has 1 unspecified atom stereocenters. The second-order valence-corrected chi connectivity index (χ2v) is 6.14. The number of rotatable bonds is 7. The molecule has 0 saturated heterocycles. The van der Waals surface area contributed by atoms with Gasteiger partial charge in [0.15, 0.2) is 0 Å². The molecule has 0 aromatic rings. The standard InChI is InChI=1S/C12H27NS/c1-6-7-8-9-14-10-11(13-5)12(2,3)4/h11,13H,6-10H2,1-5H3. The largest absolute Gasteiger partial charge is 0.316 e. The van der Waals surface area contributed by atoms with E-state index >= 15 is 0 Å². The zero-order chi connectivity index (χ0) is 11.0. The summed E-state index contributed by atoms with van der Waals surface area (Å²) >= 11 is 2.09. The highest BCUT2D eigenvalue weighted by Crippen LogP contribution is 2.22. The number of hydrogen-bond acceptors (Lipinski definition) is 2. The average molecular weight is 217 g/mol. The first-order valence-corrected chi connectivity index (χ1v) is 6.92. The zero-order valence-corrected chi connectivity index (χ0v) is 11.3. The van der Waals surface area contributed by atoms with Gasteiger partial charge in [-0.05, 0) is 24.6 Å². The third-order valence-electron chi connectivity index (χ3n) is 2.57. The minimum atomic E-state index is 0.381. The van der Waals surface area contributed by atoms with Crippen LogP contribution in [0.25, 0.3) is 0 Å². The molecule has 0 bridgehead atoms. The fraction of sp³-hybridized carbons (Fsp3) is 1.00. The van der Waals surface area contributed by atoms with Crippen molar-refractivity contribution in [2.45, 2.75) is 53.0 Å². The summed E-state index contributed by atoms with van der Waals surface area (Å²) in [7, 11) is 2.07. The molecule has 0 amide bonds. The summed E-state index contributed by atoms with van der Waals surface area (Å²) in [5, 5.41) is 3.41. The highest BCUT2D eigenvalue weighted by atomic mass is 32.2. The van der Waals surface area contributed by atoms with E-state index in [0.29, 0.717) is 11.5 Å². The van der Waals surface area contributed by atoms with Crippen LogP contribution in [0.15, 0.2) is 0 Å². The van der Waals surface area contributed by atoms with Gasteiger partial charge in [-0.2, -0.15) is 11.8 Å². The molecule has 0 aromatic heterocycles. The van der Waals surface area contributed by atoms with Gasteiger partial charge in [0.1, 0.15) is 0 Å². The number of hydrogen-bond donors (Lipinski definition) is 1. The molecular weight excluding hydrogens is 190 g/mol. The van der Waals surface area contributed by atoms with E-state index in [-0.39, 0.29) is 0 Å². The third-order valence-corrected chi connectivity index (χ3v) is 3.72. The summed E-state index contributed by atoms with van der Waals surface area (Å²) < 4.78 is 0. The average Bonchev–Trinajstić information content (AvgIpc) is 2.09. The molecule has 0 aliphatic heterocycles. The lowest BCUT2D eigenvalue weighted by atomic mass is 9.88. The predicted octanol–water partition coefficient (Wildman–Crippen LogP) is 3.54. The summed E-state index contributed by atoms with van der Waals surface area (Å²) in [6.45, 7) is 9.18. The Hall–Kier alpha value is 0.310. The van der Waals surface area contributed by atoms with Gasteiger partial charge in [-0.3, -0.25) is 0 Å². The van der Waals surface area contributed by atoms with Gasteiger partial charge < -0.3 is 5.32 Å². The molecule has 0 heterocycles. The van der Waals surface area contributed by atoms with E-state index in [9.17, 15) is 0 Å². The minimum absolute atomic E-state index is 0.381. The molecule has 0 spiro atoms. The van der Waals surface area contributed by atoms with Gasteiger partial charge in [0.05, 0.1) is 0 Å². The van der Waals surface area contributed by atoms with Crippen molar-refractivity contribution >= 4 is 11.8 Å². The fourth-order valence-corrected chi connectivity index (χ4v) is 2.90. The lowest BCUT2D eigenvalue weighted by molar-refractivity contribution is 0.305. The van der Waals surface area contributed by atoms with Gasteiger partial charge in [-0.25, -0.2) is 0 Å². The second-order valence-electron chi connectivity index (χ2n) is 4.99. The zero-order valence-electron chi connectivity index (χ0n) is 10.5. The Bertz CT molecular complexity index is 129. The maximum absolute atomic E-state index is 3.41. The Morgan fingerprint density at radius 2 is 1.86 bits per heavy atom. The van der Waals surface area contributed by atoms with E-state index in [2.05, 4.69) is 51.8 Å². The van der Waals surface area contributed by atoms with Gasteiger partial charge in [0.2, 0.25) is 0 Å². The van der Waals surface area contributed by atoms with Gasteiger partial charge in [-0.15, -0.1) is 0 Å². The van der Waals surface area contributed by atoms with E-state index < -0.39 is 0 Å². The van der Waals surface area contributed by atoms with E-state index in [1.807, 2.05) is 0 Å². The van der Waals surface area contributed by atoms with Crippen LogP contribution in [-0.4, -0.2) is 24.6 Å². The highest BCUT2D eigenvalue weighted by Gasteiger charge is 2.22. The molecule has 0 aliphatic rings. The van der Waals surface area contributed by atoms with Crippen molar-refractivity contribution in [2.75, 3.05) is 18.6 Å². The number of unbranched alkanes of at least 4 members (excludes halogenated alkanes) is 2. The quantitative estimate of drug-likeness (QED) is 0.655. The van der Waals surface area contributed by atoms with Crippen LogP contribution in [0.4, 0.5) is 0 Å². The van der Waals surface area contributed by atoms with Crippen LogP contribution in [0, 0.1) is 5.41 Å². The van der Waals surface area contributed by atoms with Crippen LogP contribution in [0.3, 0.4) is 0 Å². The minimum Gasteiger partial charge on any atom is -0.316 e. The monoisotopic (exact) mass is 217 g/mol. The van der Waals surface area contributed by atoms with Crippen molar-refractivity contribution in [1.29, 1.82) is 0 Å². The van der Waals surface area contributed by atoms with Crippen molar-refractivity contribution in [3.8, 4) is 0 Å². The molecule has 0 radical (unpaired) electrons. The van der Waals surface area contributed by atoms with E-state index in [1.165, 1.54) is 30.8 Å². The maximum Gasteiger partial charge on any atom is 0.0203 e. The fourth-order valence-electron chi connectivity index (χ4n) is 1.42. The van der Waals surface area contributed by atoms with Crippen LogP contribution in [-0.2, 0) is 0 Å². The molecule has 0 saturated carbocycles. The molecule has 14 heavy (non-hydrogen) atoms. The van der Waals surface area contributed by atoms with Gasteiger partial charge in [0, 0.05) is 11.8 Å². The Balaban J connectivity index is 3.54. The predicted molar refractivity (Wildman–Crippen MR) is 69.2 cm³/mol. The number of thioether (sulfide) groups is 1. The highest BCUT2D eigenvalue weighted by molar-refractivity contribution is 7.99. The smallest absolute Gasteiger partial charge is 0.0203 e. The summed E-state index contributed by atoms with van der Waals surface area (Å²) in [6.07, 6.45) is 4.09. The van der Waals surface area contributed by atoms with Crippen LogP contribution in [0.2, 0.25) is 0 Å². The van der Waals surface area contributed by atoms with Crippen LogP contribution in [0.1, 0.15) is 47.0 Å². The van der Waals surface area contributed by atoms with Crippen molar-refractivity contribution in [1.82, 2.24) is 5.32 Å². The first-order chi connectivity index (χ1) is 6.52. The molecule has 2 heteroatoms. The number of nitrogens with one attached hydrogen (secondary N) is 1. The summed E-state index contributed by atoms with van der Waals surface area (Å²) in [6, 6.07) is 0.633. The van der Waals surface area contributed by atoms with Gasteiger partial charge in [0.25, 0.3) is 0 Å². The van der Waals surface area contributed by atoms with Crippen molar-refractivity contribution in [3.05, 3.63) is 0 Å². The first-order valence-electron chi connectivity index (χ1n) is 5.77. The second kappa shape index (κ2) is 7.58. The molecular formula is C12H27NS. The topological polar surface area (TPSA) is 12.0 Å². The molecule has 0 rings (SSSR count). The molecule has 1 atom stereocenters. The van der Waals surface area contributed by atoms with Crippen molar-refractivity contribution < 1.29 is 0 Å². The summed E-state index contributed by atoms with van der Waals surface area (Å²) in [5.74, 6) is 2.56. The van der Waals surface area contributed by atoms with Crippen LogP contribution >= 0.6 is 11.8 Å². The molecule has 1 N–H and O–H groups in total. The maximum atomic E-state index is 3.41. The molecule has 86 valence electrons. The summed E-state index contributed by atoms with van der Waals surface area (Å²) in [4.78, 5) is 0.